The molecule has 1 aromatic carbocycles. The summed E-state index contributed by atoms with van der Waals surface area (Å²) in [5, 5.41) is 17.3. The number of benzene rings is 1. The number of alkyl halides is 6. The quantitative estimate of drug-likeness (QED) is 0.396. The number of rotatable bonds is 5. The molecule has 0 atom stereocenters. The molecule has 1 amide bonds. The number of carboxylic acid groups (broad SMARTS) is 2. The molecular formula is C28H33F6N3O6. The summed E-state index contributed by atoms with van der Waals surface area (Å²) in [6, 6.07) is 10.2. The molecule has 0 aliphatic carbocycles. The fraction of sp³-hybridized carbons (Fsp3) is 0.500. The summed E-state index contributed by atoms with van der Waals surface area (Å²) in [4.78, 5) is 37.0. The van der Waals surface area contributed by atoms with Crippen molar-refractivity contribution < 1.29 is 55.7 Å². The first-order valence-corrected chi connectivity index (χ1v) is 13.2. The minimum Gasteiger partial charge on any atom is -0.493 e. The van der Waals surface area contributed by atoms with Crippen LogP contribution in [0.4, 0.5) is 26.3 Å². The lowest BCUT2D eigenvalue weighted by Gasteiger charge is -2.45. The van der Waals surface area contributed by atoms with E-state index in [0.29, 0.717) is 12.5 Å². The number of aliphatic carboxylic acids is 2. The zero-order chi connectivity index (χ0) is 32.4. The van der Waals surface area contributed by atoms with Crippen molar-refractivity contribution in [3.05, 3.63) is 59.4 Å². The predicted molar refractivity (Wildman–Crippen MR) is 142 cm³/mol. The van der Waals surface area contributed by atoms with Crippen LogP contribution in [0.2, 0.25) is 0 Å². The van der Waals surface area contributed by atoms with Gasteiger partial charge in [0.05, 0.1) is 6.61 Å². The van der Waals surface area contributed by atoms with Gasteiger partial charge in [0, 0.05) is 42.0 Å². The maximum atomic E-state index is 12.6. The number of hydrogen-bond acceptors (Lipinski definition) is 6. The number of piperidine rings is 1. The number of carboxylic acids is 2. The molecule has 15 heteroatoms. The molecule has 1 saturated heterocycles. The molecule has 9 nitrogen and oxygen atoms in total. The molecule has 3 N–H and O–H groups in total. The highest BCUT2D eigenvalue weighted by Gasteiger charge is 2.41. The lowest BCUT2D eigenvalue weighted by molar-refractivity contribution is -0.193. The van der Waals surface area contributed by atoms with Crippen LogP contribution in [-0.2, 0) is 21.5 Å². The molecule has 0 radical (unpaired) electrons. The van der Waals surface area contributed by atoms with Crippen molar-refractivity contribution in [3.8, 4) is 5.75 Å². The van der Waals surface area contributed by atoms with Crippen molar-refractivity contribution in [2.45, 2.75) is 57.4 Å². The maximum Gasteiger partial charge on any atom is 0.490 e. The third kappa shape index (κ3) is 11.0. The average Bonchev–Trinajstić information content (AvgIpc) is 2.93. The van der Waals surface area contributed by atoms with E-state index in [1.807, 2.05) is 24.5 Å². The molecule has 3 heterocycles. The Labute approximate surface area is 243 Å². The summed E-state index contributed by atoms with van der Waals surface area (Å²) in [7, 11) is 0. The Balaban J connectivity index is 0.000000384. The van der Waals surface area contributed by atoms with Gasteiger partial charge in [-0.3, -0.25) is 14.7 Å². The zero-order valence-corrected chi connectivity index (χ0v) is 23.5. The highest BCUT2D eigenvalue weighted by Crippen LogP contribution is 2.46. The number of ether oxygens (including phenoxy) is 1. The van der Waals surface area contributed by atoms with Gasteiger partial charge in [0.15, 0.2) is 0 Å². The van der Waals surface area contributed by atoms with Gasteiger partial charge in [0.1, 0.15) is 5.75 Å². The van der Waals surface area contributed by atoms with Crippen molar-refractivity contribution >= 4 is 17.8 Å². The van der Waals surface area contributed by atoms with Crippen LogP contribution in [0.5, 0.6) is 5.75 Å². The summed E-state index contributed by atoms with van der Waals surface area (Å²) in [5.41, 5.74) is 3.40. The molecule has 2 aromatic rings. The molecular weight excluding hydrogens is 588 g/mol. The number of pyridine rings is 1. The second kappa shape index (κ2) is 15.0. The van der Waals surface area contributed by atoms with Crippen LogP contribution in [0, 0.1) is 5.92 Å². The van der Waals surface area contributed by atoms with E-state index in [4.69, 9.17) is 24.5 Å². The van der Waals surface area contributed by atoms with Gasteiger partial charge in [0.25, 0.3) is 5.91 Å². The van der Waals surface area contributed by atoms with Gasteiger partial charge >= 0.3 is 24.3 Å². The molecule has 1 spiro atoms. The van der Waals surface area contributed by atoms with E-state index in [2.05, 4.69) is 47.2 Å². The van der Waals surface area contributed by atoms with Crippen LogP contribution in [0.15, 0.2) is 42.7 Å². The molecule has 0 unspecified atom stereocenters. The largest absolute Gasteiger partial charge is 0.493 e. The normalized spacial score (nSPS) is 16.0. The highest BCUT2D eigenvalue weighted by molar-refractivity contribution is 5.94. The smallest absolute Gasteiger partial charge is 0.490 e. The molecule has 2 aliphatic heterocycles. The predicted octanol–water partition coefficient (Wildman–Crippen LogP) is 5.05. The lowest BCUT2D eigenvalue weighted by atomic mass is 9.69. The number of aromatic nitrogens is 1. The van der Waals surface area contributed by atoms with Crippen molar-refractivity contribution in [3.63, 3.8) is 0 Å². The molecule has 0 bridgehead atoms. The van der Waals surface area contributed by atoms with Crippen molar-refractivity contribution in [1.82, 2.24) is 15.2 Å². The summed E-state index contributed by atoms with van der Waals surface area (Å²) in [6.07, 6.45) is -3.21. The fourth-order valence-electron chi connectivity index (χ4n) is 4.51. The number of carbonyl (C=O) groups excluding carboxylic acids is 1. The van der Waals surface area contributed by atoms with E-state index in [1.54, 1.807) is 0 Å². The summed E-state index contributed by atoms with van der Waals surface area (Å²) < 4.78 is 69.4. The van der Waals surface area contributed by atoms with Gasteiger partial charge in [-0.2, -0.15) is 26.3 Å². The van der Waals surface area contributed by atoms with Crippen LogP contribution >= 0.6 is 0 Å². The topological polar surface area (TPSA) is 129 Å². The summed E-state index contributed by atoms with van der Waals surface area (Å²) >= 11 is 0. The average molecular weight is 622 g/mol. The number of likely N-dealkylation sites (tertiary alicyclic amines) is 1. The third-order valence-corrected chi connectivity index (χ3v) is 6.78. The van der Waals surface area contributed by atoms with E-state index in [0.717, 1.165) is 56.8 Å². The van der Waals surface area contributed by atoms with Crippen LogP contribution in [0.3, 0.4) is 0 Å². The molecule has 4 rings (SSSR count). The Kier molecular flexibility index (Phi) is 12.3. The van der Waals surface area contributed by atoms with Gasteiger partial charge in [-0.25, -0.2) is 9.59 Å². The minimum absolute atomic E-state index is 0.0114. The maximum absolute atomic E-state index is 12.6. The molecule has 2 aliphatic rings. The van der Waals surface area contributed by atoms with Crippen molar-refractivity contribution in [1.29, 1.82) is 0 Å². The minimum atomic E-state index is -5.08. The van der Waals surface area contributed by atoms with E-state index >= 15 is 0 Å². The SMILES string of the molecule is CC(C)CNC(=O)c1ccc2c(c1)C1(CCO2)CCN(Cc2ccncc2)CC1.O=C(O)C(F)(F)F.O=C(O)C(F)(F)F. The number of carbonyl (C=O) groups is 3. The van der Waals surface area contributed by atoms with Crippen molar-refractivity contribution in [2.24, 2.45) is 5.92 Å². The second-order valence-electron chi connectivity index (χ2n) is 10.4. The molecule has 1 aromatic heterocycles. The first kappa shape index (κ1) is 35.3. The Bertz CT molecular complexity index is 1210. The van der Waals surface area contributed by atoms with E-state index in [1.165, 1.54) is 11.1 Å². The third-order valence-electron chi connectivity index (χ3n) is 6.78. The van der Waals surface area contributed by atoms with Gasteiger partial charge in [-0.15, -0.1) is 0 Å². The number of halogens is 6. The zero-order valence-electron chi connectivity index (χ0n) is 23.5. The van der Waals surface area contributed by atoms with Gasteiger partial charge < -0.3 is 20.3 Å². The molecule has 0 saturated carbocycles. The first-order valence-electron chi connectivity index (χ1n) is 13.2. The Morgan fingerprint density at radius 2 is 1.49 bits per heavy atom. The standard InChI is InChI=1S/C24H31N3O2.2C2HF3O2/c1-18(2)16-26-23(28)20-3-4-22-21(15-20)24(9-14-29-22)7-12-27(13-8-24)17-19-5-10-25-11-6-19;2*3-2(4,5)1(6)7/h3-6,10-11,15,18H,7-9,12-14,16-17H2,1-2H3,(H,26,28);2*(H,6,7). The number of nitrogens with zero attached hydrogens (tertiary/aromatic N) is 2. The second-order valence-corrected chi connectivity index (χ2v) is 10.4. The Morgan fingerprint density at radius 1 is 0.953 bits per heavy atom. The lowest BCUT2D eigenvalue weighted by Crippen LogP contribution is -2.45. The number of hydrogen-bond donors (Lipinski definition) is 3. The Morgan fingerprint density at radius 3 is 1.98 bits per heavy atom. The van der Waals surface area contributed by atoms with Gasteiger partial charge in [-0.1, -0.05) is 13.8 Å². The van der Waals surface area contributed by atoms with Gasteiger partial charge in [0.2, 0.25) is 0 Å². The number of fused-ring (bicyclic) bond motifs is 2. The molecule has 43 heavy (non-hydrogen) atoms. The van der Waals surface area contributed by atoms with Crippen LogP contribution in [-0.4, -0.2) is 76.5 Å². The van der Waals surface area contributed by atoms with Crippen LogP contribution < -0.4 is 10.1 Å². The number of nitrogens with one attached hydrogen (secondary N) is 1. The highest BCUT2D eigenvalue weighted by atomic mass is 19.4. The van der Waals surface area contributed by atoms with E-state index in [-0.39, 0.29) is 11.3 Å². The van der Waals surface area contributed by atoms with Crippen molar-refractivity contribution in [2.75, 3.05) is 26.2 Å². The van der Waals surface area contributed by atoms with Crippen LogP contribution in [0.25, 0.3) is 0 Å². The van der Waals surface area contributed by atoms with E-state index in [9.17, 15) is 31.1 Å². The fourth-order valence-corrected chi connectivity index (χ4v) is 4.51. The molecule has 238 valence electrons. The van der Waals surface area contributed by atoms with Gasteiger partial charge in [-0.05, 0) is 74.2 Å². The molecule has 1 fully saturated rings. The van der Waals surface area contributed by atoms with E-state index < -0.39 is 24.3 Å². The summed E-state index contributed by atoms with van der Waals surface area (Å²) in [6.45, 7) is 8.76. The Hall–Kier alpha value is -3.88. The number of amides is 1. The summed E-state index contributed by atoms with van der Waals surface area (Å²) in [5.74, 6) is -4.10. The monoisotopic (exact) mass is 621 g/mol. The van der Waals surface area contributed by atoms with Crippen LogP contribution in [0.1, 0.15) is 54.6 Å². The first-order chi connectivity index (χ1) is 19.9.